The molecule has 0 saturated heterocycles. The van der Waals surface area contributed by atoms with Gasteiger partial charge in [-0.25, -0.2) is 9.97 Å². The Balaban J connectivity index is 1.56. The van der Waals surface area contributed by atoms with Crippen molar-refractivity contribution in [2.24, 2.45) is 0 Å². The number of amides is 1. The van der Waals surface area contributed by atoms with Gasteiger partial charge in [0.25, 0.3) is 5.91 Å². The van der Waals surface area contributed by atoms with Crippen LogP contribution in [0, 0.1) is 6.92 Å². The van der Waals surface area contributed by atoms with Gasteiger partial charge in [0.15, 0.2) is 5.65 Å². The fraction of sp³-hybridized carbons (Fsp3) is 0.350. The molecule has 1 aliphatic carbocycles. The van der Waals surface area contributed by atoms with Crippen molar-refractivity contribution in [3.05, 3.63) is 52.2 Å². The van der Waals surface area contributed by atoms with Crippen LogP contribution in [0.2, 0.25) is 0 Å². The Labute approximate surface area is 165 Å². The molecule has 28 heavy (non-hydrogen) atoms. The zero-order chi connectivity index (χ0) is 19.3. The zero-order valence-electron chi connectivity index (χ0n) is 15.8. The second kappa shape index (κ2) is 6.63. The molecule has 4 aromatic heterocycles. The summed E-state index contributed by atoms with van der Waals surface area (Å²) in [4.78, 5) is 28.4. The summed E-state index contributed by atoms with van der Waals surface area (Å²) in [5, 5.41) is 8.41. The highest BCUT2D eigenvalue weighted by atomic mass is 32.1. The largest absolute Gasteiger partial charge is 0.345 e. The van der Waals surface area contributed by atoms with E-state index in [1.165, 1.54) is 23.3 Å². The van der Waals surface area contributed by atoms with E-state index in [1.807, 2.05) is 19.1 Å². The van der Waals surface area contributed by atoms with E-state index in [0.717, 1.165) is 33.7 Å². The van der Waals surface area contributed by atoms with Gasteiger partial charge in [-0.2, -0.15) is 4.52 Å². The Morgan fingerprint density at radius 2 is 2.14 bits per heavy atom. The molecule has 1 amide bonds. The Kier molecular flexibility index (Phi) is 4.08. The smallest absolute Gasteiger partial charge is 0.291 e. The molecule has 0 aromatic carbocycles. The number of fused-ring (bicyclic) bond motifs is 5. The van der Waals surface area contributed by atoms with Crippen LogP contribution in [0.25, 0.3) is 15.9 Å². The second-order valence-electron chi connectivity index (χ2n) is 7.28. The lowest BCUT2D eigenvalue weighted by Gasteiger charge is -2.18. The Morgan fingerprint density at radius 3 is 2.96 bits per heavy atom. The van der Waals surface area contributed by atoms with E-state index >= 15 is 0 Å². The molecule has 0 saturated carbocycles. The van der Waals surface area contributed by atoms with Gasteiger partial charge in [-0.3, -0.25) is 9.78 Å². The van der Waals surface area contributed by atoms with Gasteiger partial charge in [0.05, 0.1) is 5.39 Å². The number of carbonyl (C=O) groups is 1. The van der Waals surface area contributed by atoms with E-state index in [0.29, 0.717) is 12.5 Å². The first-order valence-electron chi connectivity index (χ1n) is 9.47. The number of rotatable bonds is 3. The number of nitrogens with zero attached hydrogens (tertiary/aromatic N) is 5. The monoisotopic (exact) mass is 392 g/mol. The van der Waals surface area contributed by atoms with E-state index in [9.17, 15) is 4.79 Å². The van der Waals surface area contributed by atoms with Gasteiger partial charge in [0.1, 0.15) is 10.7 Å². The number of pyridine rings is 1. The predicted molar refractivity (Wildman–Crippen MR) is 108 cm³/mol. The van der Waals surface area contributed by atoms with Gasteiger partial charge < -0.3 is 5.32 Å². The number of aromatic nitrogens is 5. The summed E-state index contributed by atoms with van der Waals surface area (Å²) < 4.78 is 1.71. The van der Waals surface area contributed by atoms with Gasteiger partial charge in [-0.05, 0) is 55.4 Å². The number of hydrogen-bond acceptors (Lipinski definition) is 6. The summed E-state index contributed by atoms with van der Waals surface area (Å²) >= 11 is 1.76. The zero-order valence-corrected chi connectivity index (χ0v) is 16.6. The Bertz CT molecular complexity index is 1200. The van der Waals surface area contributed by atoms with Gasteiger partial charge in [0.2, 0.25) is 5.82 Å². The van der Waals surface area contributed by atoms with Gasteiger partial charge >= 0.3 is 0 Å². The molecule has 0 bridgehead atoms. The molecule has 0 fully saturated rings. The van der Waals surface area contributed by atoms with Gasteiger partial charge in [0, 0.05) is 23.8 Å². The minimum Gasteiger partial charge on any atom is -0.345 e. The molecule has 0 aliphatic heterocycles. The van der Waals surface area contributed by atoms with Crippen molar-refractivity contribution in [3.8, 4) is 0 Å². The van der Waals surface area contributed by atoms with E-state index in [-0.39, 0.29) is 11.7 Å². The third-order valence-electron chi connectivity index (χ3n) is 5.34. The number of carbonyl (C=O) groups excluding carboxylic acids is 1. The summed E-state index contributed by atoms with van der Waals surface area (Å²) in [6.07, 6.45) is 6.89. The highest BCUT2D eigenvalue weighted by molar-refractivity contribution is 7.19. The van der Waals surface area contributed by atoms with Gasteiger partial charge in [-0.15, -0.1) is 16.4 Å². The first-order valence-corrected chi connectivity index (χ1v) is 10.3. The maximum atomic E-state index is 12.6. The van der Waals surface area contributed by atoms with Crippen molar-refractivity contribution in [1.29, 1.82) is 0 Å². The summed E-state index contributed by atoms with van der Waals surface area (Å²) in [5.74, 6) is 1.11. The van der Waals surface area contributed by atoms with E-state index < -0.39 is 0 Å². The molecule has 1 unspecified atom stereocenters. The molecule has 8 heteroatoms. The van der Waals surface area contributed by atoms with Crippen molar-refractivity contribution in [1.82, 2.24) is 29.9 Å². The van der Waals surface area contributed by atoms with Crippen LogP contribution in [0.1, 0.15) is 58.1 Å². The van der Waals surface area contributed by atoms with Crippen molar-refractivity contribution in [2.75, 3.05) is 0 Å². The average Bonchev–Trinajstić information content (AvgIpc) is 3.29. The molecular weight excluding hydrogens is 372 g/mol. The molecule has 4 heterocycles. The third kappa shape index (κ3) is 2.75. The number of hydrogen-bond donors (Lipinski definition) is 1. The SMILES string of the molecule is Cc1nc2sc3c(c2c2nc(C(=O)NCc4ccncc4)nn12)C(C)CCC3. The standard InChI is InChI=1S/C20H20N6OS/c1-11-4-3-5-14-15(11)16-18-24-17(25-26(18)12(2)23-20(16)28-14)19(27)22-10-13-6-8-21-9-7-13/h6-9,11H,3-5,10H2,1-2H3,(H,22,27). The fourth-order valence-corrected chi connectivity index (χ4v) is 5.32. The normalized spacial score (nSPS) is 16.4. The summed E-state index contributed by atoms with van der Waals surface area (Å²) in [7, 11) is 0. The van der Waals surface area contributed by atoms with Crippen LogP contribution in [0.15, 0.2) is 24.5 Å². The molecular formula is C20H20N6OS. The van der Waals surface area contributed by atoms with Crippen LogP contribution in [0.5, 0.6) is 0 Å². The molecule has 1 N–H and O–H groups in total. The van der Waals surface area contributed by atoms with Crippen molar-refractivity contribution in [3.63, 3.8) is 0 Å². The molecule has 5 rings (SSSR count). The molecule has 1 atom stereocenters. The highest BCUT2D eigenvalue weighted by Crippen LogP contribution is 2.42. The minimum absolute atomic E-state index is 0.176. The molecule has 4 aromatic rings. The maximum absolute atomic E-state index is 12.6. The number of aryl methyl sites for hydroxylation is 2. The minimum atomic E-state index is -0.287. The van der Waals surface area contributed by atoms with Crippen LogP contribution >= 0.6 is 11.3 Å². The van der Waals surface area contributed by atoms with Gasteiger partial charge in [-0.1, -0.05) is 6.92 Å². The maximum Gasteiger partial charge on any atom is 0.291 e. The van der Waals surface area contributed by atoms with E-state index in [1.54, 1.807) is 28.2 Å². The molecule has 0 spiro atoms. The Hall–Kier alpha value is -2.87. The third-order valence-corrected chi connectivity index (χ3v) is 6.50. The fourth-order valence-electron chi connectivity index (χ4n) is 3.94. The van der Waals surface area contributed by atoms with Crippen LogP contribution < -0.4 is 5.32 Å². The Morgan fingerprint density at radius 1 is 1.32 bits per heavy atom. The van der Waals surface area contributed by atoms with Crippen LogP contribution in [0.3, 0.4) is 0 Å². The summed E-state index contributed by atoms with van der Waals surface area (Å²) in [6, 6.07) is 3.74. The summed E-state index contributed by atoms with van der Waals surface area (Å²) in [5.41, 5.74) is 3.07. The lowest BCUT2D eigenvalue weighted by Crippen LogP contribution is -2.24. The second-order valence-corrected chi connectivity index (χ2v) is 8.36. The summed E-state index contributed by atoms with van der Waals surface area (Å²) in [6.45, 7) is 4.58. The lowest BCUT2D eigenvalue weighted by atomic mass is 9.87. The predicted octanol–water partition coefficient (Wildman–Crippen LogP) is 3.41. The molecule has 7 nitrogen and oxygen atoms in total. The quantitative estimate of drug-likeness (QED) is 0.577. The molecule has 142 valence electrons. The van der Waals surface area contributed by atoms with Crippen LogP contribution in [0.4, 0.5) is 0 Å². The van der Waals surface area contributed by atoms with E-state index in [4.69, 9.17) is 4.98 Å². The van der Waals surface area contributed by atoms with Crippen LogP contribution in [-0.4, -0.2) is 30.5 Å². The average molecular weight is 392 g/mol. The topological polar surface area (TPSA) is 85.1 Å². The number of nitrogens with one attached hydrogen (secondary N) is 1. The van der Waals surface area contributed by atoms with Crippen molar-refractivity contribution >= 4 is 33.1 Å². The van der Waals surface area contributed by atoms with Crippen LogP contribution in [-0.2, 0) is 13.0 Å². The van der Waals surface area contributed by atoms with Crippen molar-refractivity contribution < 1.29 is 4.79 Å². The number of thiophene rings is 1. The molecule has 1 aliphatic rings. The lowest BCUT2D eigenvalue weighted by molar-refractivity contribution is 0.0940. The van der Waals surface area contributed by atoms with E-state index in [2.05, 4.69) is 27.3 Å². The first kappa shape index (κ1) is 17.2. The first-order chi connectivity index (χ1) is 13.6. The molecule has 0 radical (unpaired) electrons. The highest BCUT2D eigenvalue weighted by Gasteiger charge is 2.26. The van der Waals surface area contributed by atoms with Crippen molar-refractivity contribution in [2.45, 2.75) is 45.6 Å².